The molecule has 1 heterocycles. The summed E-state index contributed by atoms with van der Waals surface area (Å²) >= 11 is 6.98. The lowest BCUT2D eigenvalue weighted by Gasteiger charge is -1.90. The fourth-order valence-corrected chi connectivity index (χ4v) is 1.78. The Hall–Kier alpha value is -0.540. The highest BCUT2D eigenvalue weighted by atomic mass is 35.5. The highest BCUT2D eigenvalue weighted by molar-refractivity contribution is 7.18. The number of rotatable bonds is 1. The molecule has 0 N–H and O–H groups in total. The van der Waals surface area contributed by atoms with Gasteiger partial charge in [-0.25, -0.2) is 4.79 Å². The largest absolute Gasteiger partial charge is 0.465 e. The Morgan fingerprint density at radius 2 is 2.36 bits per heavy atom. The molecule has 0 aliphatic carbocycles. The molecule has 1 rings (SSSR count). The first-order valence-electron chi connectivity index (χ1n) is 2.99. The van der Waals surface area contributed by atoms with Crippen molar-refractivity contribution in [1.82, 2.24) is 0 Å². The van der Waals surface area contributed by atoms with E-state index in [4.69, 9.17) is 11.6 Å². The van der Waals surface area contributed by atoms with Crippen LogP contribution in [0.3, 0.4) is 0 Å². The second kappa shape index (κ2) is 3.24. The topological polar surface area (TPSA) is 26.3 Å². The fourth-order valence-electron chi connectivity index (χ4n) is 0.661. The van der Waals surface area contributed by atoms with Crippen LogP contribution in [0.15, 0.2) is 6.07 Å². The van der Waals surface area contributed by atoms with Crippen LogP contribution in [0, 0.1) is 6.92 Å². The maximum absolute atomic E-state index is 10.9. The molecule has 11 heavy (non-hydrogen) atoms. The Morgan fingerprint density at radius 1 is 1.73 bits per heavy atom. The summed E-state index contributed by atoms with van der Waals surface area (Å²) in [6.45, 7) is 1.85. The van der Waals surface area contributed by atoms with Gasteiger partial charge in [0.15, 0.2) is 0 Å². The van der Waals surface area contributed by atoms with Gasteiger partial charge < -0.3 is 4.74 Å². The molecule has 0 radical (unpaired) electrons. The summed E-state index contributed by atoms with van der Waals surface area (Å²) in [5, 5.41) is 0. The predicted octanol–water partition coefficient (Wildman–Crippen LogP) is 2.50. The number of thiophene rings is 1. The third kappa shape index (κ3) is 1.73. The number of halogens is 1. The molecule has 0 aliphatic rings. The van der Waals surface area contributed by atoms with E-state index in [1.54, 1.807) is 6.07 Å². The minimum atomic E-state index is -0.329. The molecule has 1 aromatic heterocycles. The van der Waals surface area contributed by atoms with E-state index in [1.807, 2.05) is 6.92 Å². The maximum atomic E-state index is 10.9. The molecule has 0 aromatic carbocycles. The first-order valence-corrected chi connectivity index (χ1v) is 4.19. The molecule has 0 spiro atoms. The van der Waals surface area contributed by atoms with Crippen molar-refractivity contribution < 1.29 is 9.53 Å². The smallest absolute Gasteiger partial charge is 0.348 e. The van der Waals surface area contributed by atoms with Crippen LogP contribution in [0.5, 0.6) is 0 Å². The molecule has 0 saturated carbocycles. The summed E-state index contributed by atoms with van der Waals surface area (Å²) < 4.78 is 5.16. The number of methoxy groups -OCH3 is 1. The molecule has 60 valence electrons. The minimum absolute atomic E-state index is 0.329. The van der Waals surface area contributed by atoms with Gasteiger partial charge in [0.1, 0.15) is 4.88 Å². The van der Waals surface area contributed by atoms with Crippen LogP contribution in [0.25, 0.3) is 0 Å². The summed E-state index contributed by atoms with van der Waals surface area (Å²) in [6.07, 6.45) is 0. The number of carbonyl (C=O) groups excluding carboxylic acids is 1. The fraction of sp³-hybridized carbons (Fsp3) is 0.286. The second-order valence-corrected chi connectivity index (χ2v) is 3.71. The summed E-state index contributed by atoms with van der Waals surface area (Å²) in [7, 11) is 1.35. The molecule has 1 aromatic rings. The lowest BCUT2D eigenvalue weighted by molar-refractivity contribution is 0.0606. The van der Waals surface area contributed by atoms with E-state index in [0.717, 1.165) is 5.56 Å². The quantitative estimate of drug-likeness (QED) is 0.636. The Balaban J connectivity index is 2.97. The molecule has 0 amide bonds. The summed E-state index contributed by atoms with van der Waals surface area (Å²) in [6, 6.07) is 1.72. The van der Waals surface area contributed by atoms with Crippen LogP contribution < -0.4 is 0 Å². The first kappa shape index (κ1) is 8.56. The monoisotopic (exact) mass is 190 g/mol. The van der Waals surface area contributed by atoms with E-state index in [0.29, 0.717) is 9.21 Å². The van der Waals surface area contributed by atoms with Crippen molar-refractivity contribution >= 4 is 28.9 Å². The van der Waals surface area contributed by atoms with Gasteiger partial charge in [0.05, 0.1) is 11.4 Å². The second-order valence-electron chi connectivity index (χ2n) is 2.06. The van der Waals surface area contributed by atoms with Crippen LogP contribution in [-0.4, -0.2) is 13.1 Å². The summed E-state index contributed by atoms with van der Waals surface area (Å²) in [4.78, 5) is 11.5. The van der Waals surface area contributed by atoms with Crippen LogP contribution in [-0.2, 0) is 4.74 Å². The molecular formula is C7H7ClO2S. The molecule has 0 bridgehead atoms. The number of hydrogen-bond acceptors (Lipinski definition) is 3. The number of aryl methyl sites for hydroxylation is 1. The average molecular weight is 191 g/mol. The third-order valence-corrected chi connectivity index (χ3v) is 2.78. The van der Waals surface area contributed by atoms with Gasteiger partial charge in [-0.15, -0.1) is 11.3 Å². The summed E-state index contributed by atoms with van der Waals surface area (Å²) in [5.41, 5.74) is 0.914. The Labute approximate surface area is 73.7 Å². The van der Waals surface area contributed by atoms with E-state index in [1.165, 1.54) is 18.4 Å². The van der Waals surface area contributed by atoms with Crippen molar-refractivity contribution in [2.75, 3.05) is 7.11 Å². The molecule has 0 fully saturated rings. The predicted molar refractivity (Wildman–Crippen MR) is 45.4 cm³/mol. The average Bonchev–Trinajstić information content (AvgIpc) is 2.31. The van der Waals surface area contributed by atoms with Crippen LogP contribution in [0.2, 0.25) is 4.34 Å². The van der Waals surface area contributed by atoms with Crippen molar-refractivity contribution in [3.05, 3.63) is 20.8 Å². The molecule has 0 aliphatic heterocycles. The number of esters is 1. The molecular weight excluding hydrogens is 184 g/mol. The first-order chi connectivity index (χ1) is 5.15. The molecule has 0 atom stereocenters. The zero-order valence-electron chi connectivity index (χ0n) is 6.18. The third-order valence-electron chi connectivity index (χ3n) is 1.24. The zero-order valence-corrected chi connectivity index (χ0v) is 7.75. The van der Waals surface area contributed by atoms with Gasteiger partial charge in [-0.1, -0.05) is 11.6 Å². The van der Waals surface area contributed by atoms with E-state index >= 15 is 0 Å². The van der Waals surface area contributed by atoms with E-state index in [9.17, 15) is 4.79 Å². The lowest BCUT2D eigenvalue weighted by Crippen LogP contribution is -1.96. The minimum Gasteiger partial charge on any atom is -0.465 e. The van der Waals surface area contributed by atoms with Crippen LogP contribution in [0.1, 0.15) is 15.2 Å². The molecule has 4 heteroatoms. The normalized spacial score (nSPS) is 9.73. The van der Waals surface area contributed by atoms with E-state index < -0.39 is 0 Å². The van der Waals surface area contributed by atoms with E-state index in [-0.39, 0.29) is 5.97 Å². The standard InChI is InChI=1S/C7H7ClO2S/c1-4-3-5(7(9)10-2)11-6(4)8/h3H,1-2H3. The van der Waals surface area contributed by atoms with Gasteiger partial charge in [-0.3, -0.25) is 0 Å². The maximum Gasteiger partial charge on any atom is 0.348 e. The van der Waals surface area contributed by atoms with Gasteiger partial charge in [0.25, 0.3) is 0 Å². The number of carbonyl (C=O) groups is 1. The van der Waals surface area contributed by atoms with Gasteiger partial charge in [0, 0.05) is 0 Å². The molecule has 2 nitrogen and oxygen atoms in total. The number of ether oxygens (including phenoxy) is 1. The van der Waals surface area contributed by atoms with Crippen molar-refractivity contribution in [1.29, 1.82) is 0 Å². The van der Waals surface area contributed by atoms with Crippen molar-refractivity contribution in [3.8, 4) is 0 Å². The zero-order chi connectivity index (χ0) is 8.43. The SMILES string of the molecule is COC(=O)c1cc(C)c(Cl)s1. The Bertz CT molecular complexity index is 260. The summed E-state index contributed by atoms with van der Waals surface area (Å²) in [5.74, 6) is -0.329. The highest BCUT2D eigenvalue weighted by Gasteiger charge is 2.10. The van der Waals surface area contributed by atoms with Gasteiger partial charge in [0.2, 0.25) is 0 Å². The Morgan fingerprint density at radius 3 is 2.73 bits per heavy atom. The van der Waals surface area contributed by atoms with Crippen molar-refractivity contribution in [2.24, 2.45) is 0 Å². The van der Waals surface area contributed by atoms with Crippen molar-refractivity contribution in [3.63, 3.8) is 0 Å². The lowest BCUT2D eigenvalue weighted by atomic mass is 10.3. The van der Waals surface area contributed by atoms with Gasteiger partial charge >= 0.3 is 5.97 Å². The van der Waals surface area contributed by atoms with E-state index in [2.05, 4.69) is 4.74 Å². The van der Waals surface area contributed by atoms with Gasteiger partial charge in [-0.2, -0.15) is 0 Å². The van der Waals surface area contributed by atoms with Crippen LogP contribution in [0.4, 0.5) is 0 Å². The van der Waals surface area contributed by atoms with Gasteiger partial charge in [-0.05, 0) is 18.6 Å². The Kier molecular flexibility index (Phi) is 2.52. The highest BCUT2D eigenvalue weighted by Crippen LogP contribution is 2.26. The number of hydrogen-bond donors (Lipinski definition) is 0. The van der Waals surface area contributed by atoms with Crippen molar-refractivity contribution in [2.45, 2.75) is 6.92 Å². The molecule has 0 unspecified atom stereocenters. The molecule has 0 saturated heterocycles. The van der Waals surface area contributed by atoms with Crippen LogP contribution >= 0.6 is 22.9 Å².